The summed E-state index contributed by atoms with van der Waals surface area (Å²) in [5, 5.41) is 10.8. The molecule has 1 aromatic carbocycles. The molecule has 3 N–H and O–H groups in total. The number of benzene rings is 1. The second-order valence-electron chi connectivity index (χ2n) is 4.87. The molecule has 1 heterocycles. The van der Waals surface area contributed by atoms with Crippen molar-refractivity contribution in [1.29, 1.82) is 0 Å². The van der Waals surface area contributed by atoms with Crippen molar-refractivity contribution in [3.8, 4) is 0 Å². The molecule has 5 heteroatoms. The largest absolute Gasteiger partial charge is 0.391 e. The zero-order valence-corrected chi connectivity index (χ0v) is 10.8. The number of aromatic nitrogens is 2. The molecule has 1 saturated carbocycles. The zero-order valence-electron chi connectivity index (χ0n) is 10.0. The smallest absolute Gasteiger partial charge is 0.201 e. The van der Waals surface area contributed by atoms with Gasteiger partial charge in [0.25, 0.3) is 0 Å². The van der Waals surface area contributed by atoms with Crippen LogP contribution in [0.4, 0.5) is 5.95 Å². The summed E-state index contributed by atoms with van der Waals surface area (Å²) in [5.41, 5.74) is 7.62. The minimum Gasteiger partial charge on any atom is -0.391 e. The molecular weight excluding hydrogens is 250 g/mol. The minimum absolute atomic E-state index is 0.0159. The Bertz CT molecular complexity index is 581. The summed E-state index contributed by atoms with van der Waals surface area (Å²) >= 11 is 6.12. The molecule has 1 aliphatic rings. The van der Waals surface area contributed by atoms with Gasteiger partial charge in [0.15, 0.2) is 0 Å². The summed E-state index contributed by atoms with van der Waals surface area (Å²) in [6.07, 6.45) is 3.59. The molecule has 0 radical (unpaired) electrons. The summed E-state index contributed by atoms with van der Waals surface area (Å²) in [6, 6.07) is 5.66. The van der Waals surface area contributed by atoms with E-state index in [1.54, 1.807) is 6.07 Å². The summed E-state index contributed by atoms with van der Waals surface area (Å²) in [5.74, 6) is 0.434. The lowest BCUT2D eigenvalue weighted by atomic mass is 9.92. The molecule has 1 fully saturated rings. The van der Waals surface area contributed by atoms with E-state index in [9.17, 15) is 5.11 Å². The van der Waals surface area contributed by atoms with Crippen LogP contribution in [0.25, 0.3) is 11.0 Å². The summed E-state index contributed by atoms with van der Waals surface area (Å²) in [6.45, 7) is 0. The Kier molecular flexibility index (Phi) is 2.92. The second kappa shape index (κ2) is 4.44. The molecule has 0 aliphatic heterocycles. The molecule has 1 aliphatic carbocycles. The molecule has 2 aromatic rings. The number of hydrogen-bond donors (Lipinski definition) is 2. The van der Waals surface area contributed by atoms with Crippen LogP contribution in [0.15, 0.2) is 18.2 Å². The highest BCUT2D eigenvalue weighted by molar-refractivity contribution is 6.35. The second-order valence-corrected chi connectivity index (χ2v) is 5.27. The van der Waals surface area contributed by atoms with E-state index in [1.165, 1.54) is 0 Å². The topological polar surface area (TPSA) is 64.1 Å². The third-order valence-corrected chi connectivity index (χ3v) is 4.03. The molecule has 96 valence electrons. The van der Waals surface area contributed by atoms with E-state index >= 15 is 0 Å². The number of halogens is 1. The minimum atomic E-state index is -0.350. The Morgan fingerprint density at radius 3 is 2.89 bits per heavy atom. The Morgan fingerprint density at radius 2 is 2.11 bits per heavy atom. The van der Waals surface area contributed by atoms with E-state index in [-0.39, 0.29) is 12.1 Å². The number of nitrogens with two attached hydrogens (primary N) is 1. The van der Waals surface area contributed by atoms with E-state index in [4.69, 9.17) is 17.3 Å². The van der Waals surface area contributed by atoms with Gasteiger partial charge in [-0.1, -0.05) is 30.5 Å². The average molecular weight is 266 g/mol. The highest BCUT2D eigenvalue weighted by atomic mass is 35.5. The number of aliphatic hydroxyl groups excluding tert-OH is 1. The first kappa shape index (κ1) is 11.8. The molecule has 0 spiro atoms. The number of imidazole rings is 1. The molecule has 0 saturated heterocycles. The molecule has 2 unspecified atom stereocenters. The number of anilines is 1. The van der Waals surface area contributed by atoms with E-state index in [1.807, 2.05) is 16.7 Å². The molecule has 4 nitrogen and oxygen atoms in total. The van der Waals surface area contributed by atoms with Gasteiger partial charge in [0, 0.05) is 0 Å². The van der Waals surface area contributed by atoms with Gasteiger partial charge in [-0.05, 0) is 25.0 Å². The predicted octanol–water partition coefficient (Wildman–Crippen LogP) is 2.75. The molecule has 3 rings (SSSR count). The van der Waals surface area contributed by atoms with Gasteiger partial charge in [0.1, 0.15) is 5.52 Å². The van der Waals surface area contributed by atoms with Gasteiger partial charge in [0.05, 0.1) is 22.7 Å². The standard InChI is InChI=1S/C13H16ClN3O/c14-8-4-3-6-10-12(8)16-13(15)17(10)9-5-1-2-7-11(9)18/h3-4,6,9,11,18H,1-2,5,7H2,(H2,15,16). The van der Waals surface area contributed by atoms with E-state index in [0.717, 1.165) is 36.7 Å². The van der Waals surface area contributed by atoms with Gasteiger partial charge in [-0.3, -0.25) is 0 Å². The maximum absolute atomic E-state index is 10.2. The van der Waals surface area contributed by atoms with Crippen molar-refractivity contribution in [2.45, 2.75) is 37.8 Å². The normalized spacial score (nSPS) is 24.6. The Morgan fingerprint density at radius 1 is 1.33 bits per heavy atom. The number of hydrogen-bond acceptors (Lipinski definition) is 3. The first-order valence-electron chi connectivity index (χ1n) is 6.28. The van der Waals surface area contributed by atoms with Gasteiger partial charge in [-0.2, -0.15) is 0 Å². The average Bonchev–Trinajstić information content (AvgIpc) is 2.68. The maximum atomic E-state index is 10.2. The fourth-order valence-corrected chi connectivity index (χ4v) is 3.05. The van der Waals surface area contributed by atoms with Gasteiger partial charge in [-0.15, -0.1) is 0 Å². The molecule has 0 bridgehead atoms. The Labute approximate surface area is 110 Å². The number of nitrogens with zero attached hydrogens (tertiary/aromatic N) is 2. The summed E-state index contributed by atoms with van der Waals surface area (Å²) < 4.78 is 1.94. The van der Waals surface area contributed by atoms with Gasteiger partial charge in [-0.25, -0.2) is 4.98 Å². The lowest BCUT2D eigenvalue weighted by Crippen LogP contribution is -2.28. The third-order valence-electron chi connectivity index (χ3n) is 3.72. The van der Waals surface area contributed by atoms with Crippen molar-refractivity contribution in [3.63, 3.8) is 0 Å². The fraction of sp³-hybridized carbons (Fsp3) is 0.462. The van der Waals surface area contributed by atoms with Crippen molar-refractivity contribution in [2.24, 2.45) is 0 Å². The molecular formula is C13H16ClN3O. The van der Waals surface area contributed by atoms with Gasteiger partial charge in [0.2, 0.25) is 5.95 Å². The van der Waals surface area contributed by atoms with Crippen LogP contribution in [-0.2, 0) is 0 Å². The fourth-order valence-electron chi connectivity index (χ4n) is 2.84. The summed E-state index contributed by atoms with van der Waals surface area (Å²) in [7, 11) is 0. The number of para-hydroxylation sites is 1. The van der Waals surface area contributed by atoms with Gasteiger partial charge >= 0.3 is 0 Å². The Balaban J connectivity index is 2.16. The van der Waals surface area contributed by atoms with Crippen molar-refractivity contribution in [2.75, 3.05) is 5.73 Å². The van der Waals surface area contributed by atoms with Crippen LogP contribution < -0.4 is 5.73 Å². The first-order valence-corrected chi connectivity index (χ1v) is 6.66. The lowest BCUT2D eigenvalue weighted by molar-refractivity contribution is 0.0783. The van der Waals surface area contributed by atoms with Crippen molar-refractivity contribution in [1.82, 2.24) is 9.55 Å². The number of aliphatic hydroxyl groups is 1. The molecule has 1 aromatic heterocycles. The Hall–Kier alpha value is -1.26. The van der Waals surface area contributed by atoms with E-state index < -0.39 is 0 Å². The van der Waals surface area contributed by atoms with Crippen molar-refractivity contribution >= 4 is 28.6 Å². The molecule has 18 heavy (non-hydrogen) atoms. The van der Waals surface area contributed by atoms with Crippen molar-refractivity contribution < 1.29 is 5.11 Å². The highest BCUT2D eigenvalue weighted by Crippen LogP contribution is 2.35. The van der Waals surface area contributed by atoms with Crippen LogP contribution in [0.5, 0.6) is 0 Å². The summed E-state index contributed by atoms with van der Waals surface area (Å²) in [4.78, 5) is 4.32. The van der Waals surface area contributed by atoms with Crippen LogP contribution in [0.1, 0.15) is 31.7 Å². The third kappa shape index (κ3) is 1.76. The van der Waals surface area contributed by atoms with Crippen LogP contribution in [0, 0.1) is 0 Å². The lowest BCUT2D eigenvalue weighted by Gasteiger charge is -2.29. The SMILES string of the molecule is Nc1nc2c(Cl)cccc2n1C1CCCCC1O. The van der Waals surface area contributed by atoms with E-state index in [0.29, 0.717) is 11.0 Å². The zero-order chi connectivity index (χ0) is 12.7. The highest BCUT2D eigenvalue weighted by Gasteiger charge is 2.27. The van der Waals surface area contributed by atoms with E-state index in [2.05, 4.69) is 4.98 Å². The monoisotopic (exact) mass is 265 g/mol. The van der Waals surface area contributed by atoms with Crippen molar-refractivity contribution in [3.05, 3.63) is 23.2 Å². The van der Waals surface area contributed by atoms with Crippen LogP contribution >= 0.6 is 11.6 Å². The number of rotatable bonds is 1. The van der Waals surface area contributed by atoms with Crippen LogP contribution in [0.2, 0.25) is 5.02 Å². The predicted molar refractivity (Wildman–Crippen MR) is 72.7 cm³/mol. The quantitative estimate of drug-likeness (QED) is 0.833. The van der Waals surface area contributed by atoms with Crippen LogP contribution in [0.3, 0.4) is 0 Å². The number of nitrogen functional groups attached to an aromatic ring is 1. The first-order chi connectivity index (χ1) is 8.68. The molecule has 2 atom stereocenters. The maximum Gasteiger partial charge on any atom is 0.201 e. The molecule has 0 amide bonds. The van der Waals surface area contributed by atoms with Gasteiger partial charge < -0.3 is 15.4 Å². The number of fused-ring (bicyclic) bond motifs is 1. The van der Waals surface area contributed by atoms with Crippen LogP contribution in [-0.4, -0.2) is 20.8 Å².